The number of esters is 3. The molecule has 0 spiro atoms. The third-order valence-electron chi connectivity index (χ3n) is 2.66. The van der Waals surface area contributed by atoms with E-state index in [1.807, 2.05) is 0 Å². The van der Waals surface area contributed by atoms with Gasteiger partial charge in [-0.3, -0.25) is 4.79 Å². The summed E-state index contributed by atoms with van der Waals surface area (Å²) in [6.07, 6.45) is 0.0576. The average molecular weight is 259 g/mol. The van der Waals surface area contributed by atoms with E-state index in [-0.39, 0.29) is 6.42 Å². The average Bonchev–Trinajstić information content (AvgIpc) is 2.35. The third-order valence-corrected chi connectivity index (χ3v) is 2.66. The third kappa shape index (κ3) is 2.27. The molecular weight excluding hydrogens is 246 g/mol. The summed E-state index contributed by atoms with van der Waals surface area (Å²) in [6, 6.07) is -1.93. The number of likely N-dealkylation sites (tertiary alicyclic amines) is 1. The second kappa shape index (κ2) is 5.48. The molecule has 0 aromatic rings. The predicted octanol–water partition coefficient (Wildman–Crippen LogP) is -1.53. The molecule has 1 saturated heterocycles. The zero-order valence-corrected chi connectivity index (χ0v) is 10.2. The van der Waals surface area contributed by atoms with E-state index < -0.39 is 35.9 Å². The number of carbonyl (C=O) groups excluding carboxylic acids is 4. The van der Waals surface area contributed by atoms with Crippen molar-refractivity contribution in [1.29, 1.82) is 0 Å². The van der Waals surface area contributed by atoms with Crippen LogP contribution in [0, 0.1) is 0 Å². The van der Waals surface area contributed by atoms with Crippen molar-refractivity contribution in [3.8, 4) is 0 Å². The quantitative estimate of drug-likeness (QED) is 0.337. The summed E-state index contributed by atoms with van der Waals surface area (Å²) in [6.45, 7) is 0. The van der Waals surface area contributed by atoms with Crippen LogP contribution in [0.5, 0.6) is 0 Å². The molecule has 1 fully saturated rings. The number of hydrogen-bond donors (Lipinski definition) is 0. The second-order valence-corrected chi connectivity index (χ2v) is 3.52. The molecule has 0 radical (unpaired) electrons. The fraction of sp³-hybridized carbons (Fsp3) is 0.600. The molecule has 0 aromatic carbocycles. The fourth-order valence-corrected chi connectivity index (χ4v) is 1.69. The lowest BCUT2D eigenvalue weighted by molar-refractivity contribution is -0.180. The zero-order chi connectivity index (χ0) is 13.9. The Morgan fingerprint density at radius 1 is 0.889 bits per heavy atom. The van der Waals surface area contributed by atoms with Crippen molar-refractivity contribution in [2.75, 3.05) is 21.3 Å². The van der Waals surface area contributed by atoms with Crippen molar-refractivity contribution in [1.82, 2.24) is 4.90 Å². The first-order valence-electron chi connectivity index (χ1n) is 5.04. The van der Waals surface area contributed by atoms with Crippen LogP contribution in [0.1, 0.15) is 6.42 Å². The molecule has 8 nitrogen and oxygen atoms in total. The molecule has 1 aliphatic heterocycles. The van der Waals surface area contributed by atoms with Crippen molar-refractivity contribution in [2.24, 2.45) is 0 Å². The minimum absolute atomic E-state index is 0.0576. The van der Waals surface area contributed by atoms with Gasteiger partial charge in [-0.2, -0.15) is 0 Å². The van der Waals surface area contributed by atoms with Crippen LogP contribution in [0.4, 0.5) is 0 Å². The van der Waals surface area contributed by atoms with E-state index in [4.69, 9.17) is 0 Å². The lowest BCUT2D eigenvalue weighted by atomic mass is 9.92. The molecule has 100 valence electrons. The van der Waals surface area contributed by atoms with Crippen LogP contribution in [-0.2, 0) is 33.4 Å². The van der Waals surface area contributed by atoms with Gasteiger partial charge < -0.3 is 19.1 Å². The number of nitrogens with zero attached hydrogens (tertiary/aromatic N) is 1. The fourth-order valence-electron chi connectivity index (χ4n) is 1.69. The first-order valence-corrected chi connectivity index (χ1v) is 5.04. The van der Waals surface area contributed by atoms with Crippen molar-refractivity contribution in [3.63, 3.8) is 0 Å². The van der Waals surface area contributed by atoms with E-state index in [1.54, 1.807) is 0 Å². The van der Waals surface area contributed by atoms with E-state index in [0.29, 0.717) is 0 Å². The molecule has 8 heteroatoms. The van der Waals surface area contributed by atoms with E-state index >= 15 is 0 Å². The van der Waals surface area contributed by atoms with Gasteiger partial charge in [-0.25, -0.2) is 14.4 Å². The standard InChI is InChI=1S/C10H13NO7/c1-16-8(13)5-4-6(9(14)17-2)11(5)7(12)10(15)18-3/h5-6H,4H2,1-3H3/t5-,6+. The van der Waals surface area contributed by atoms with Crippen LogP contribution in [0.15, 0.2) is 0 Å². The molecule has 0 saturated carbocycles. The molecule has 1 rings (SSSR count). The maximum Gasteiger partial charge on any atom is 0.396 e. The maximum atomic E-state index is 11.7. The van der Waals surface area contributed by atoms with E-state index in [0.717, 1.165) is 26.2 Å². The topological polar surface area (TPSA) is 99.2 Å². The van der Waals surface area contributed by atoms with Crippen LogP contribution in [0.2, 0.25) is 0 Å². The number of ether oxygens (including phenoxy) is 3. The summed E-state index contributed by atoms with van der Waals surface area (Å²) in [5.41, 5.74) is 0. The smallest absolute Gasteiger partial charge is 0.396 e. The number of methoxy groups -OCH3 is 3. The number of carbonyl (C=O) groups is 4. The molecule has 0 aromatic heterocycles. The Balaban J connectivity index is 2.89. The lowest BCUT2D eigenvalue weighted by Gasteiger charge is -2.43. The summed E-state index contributed by atoms with van der Waals surface area (Å²) in [4.78, 5) is 46.3. The summed E-state index contributed by atoms with van der Waals surface area (Å²) < 4.78 is 13.2. The molecule has 2 atom stereocenters. The summed E-state index contributed by atoms with van der Waals surface area (Å²) in [7, 11) is 3.32. The van der Waals surface area contributed by atoms with Gasteiger partial charge in [0.2, 0.25) is 0 Å². The van der Waals surface area contributed by atoms with Crippen LogP contribution in [0.3, 0.4) is 0 Å². The van der Waals surface area contributed by atoms with Gasteiger partial charge in [-0.15, -0.1) is 0 Å². The molecule has 0 N–H and O–H groups in total. The zero-order valence-electron chi connectivity index (χ0n) is 10.2. The highest BCUT2D eigenvalue weighted by Crippen LogP contribution is 2.28. The molecular formula is C10H13NO7. The van der Waals surface area contributed by atoms with Gasteiger partial charge in [0.05, 0.1) is 21.3 Å². The van der Waals surface area contributed by atoms with Gasteiger partial charge >= 0.3 is 23.8 Å². The summed E-state index contributed by atoms with van der Waals surface area (Å²) in [5, 5.41) is 0. The Hall–Kier alpha value is -2.12. The largest absolute Gasteiger partial charge is 0.467 e. The Morgan fingerprint density at radius 3 is 1.67 bits per heavy atom. The Labute approximate surface area is 103 Å². The minimum atomic E-state index is -1.16. The van der Waals surface area contributed by atoms with Crippen molar-refractivity contribution < 1.29 is 33.4 Å². The highest BCUT2D eigenvalue weighted by atomic mass is 16.5. The van der Waals surface area contributed by atoms with E-state index in [9.17, 15) is 19.2 Å². The normalized spacial score (nSPS) is 21.6. The molecule has 1 aliphatic rings. The van der Waals surface area contributed by atoms with Gasteiger partial charge in [-0.05, 0) is 0 Å². The SMILES string of the molecule is COC(=O)C(=O)N1[C@@H](C(=O)OC)C[C@H]1C(=O)OC. The van der Waals surface area contributed by atoms with Crippen molar-refractivity contribution >= 4 is 23.8 Å². The Bertz CT molecular complexity index is 370. The molecule has 0 unspecified atom stereocenters. The van der Waals surface area contributed by atoms with Crippen LogP contribution < -0.4 is 0 Å². The van der Waals surface area contributed by atoms with Crippen molar-refractivity contribution in [3.05, 3.63) is 0 Å². The van der Waals surface area contributed by atoms with E-state index in [2.05, 4.69) is 14.2 Å². The van der Waals surface area contributed by atoms with Crippen LogP contribution >= 0.6 is 0 Å². The van der Waals surface area contributed by atoms with Crippen LogP contribution in [-0.4, -0.2) is 62.1 Å². The molecule has 0 bridgehead atoms. The van der Waals surface area contributed by atoms with Crippen LogP contribution in [0.25, 0.3) is 0 Å². The van der Waals surface area contributed by atoms with Gasteiger partial charge in [0.1, 0.15) is 12.1 Å². The van der Waals surface area contributed by atoms with Crippen molar-refractivity contribution in [2.45, 2.75) is 18.5 Å². The van der Waals surface area contributed by atoms with Gasteiger partial charge in [0.25, 0.3) is 0 Å². The first-order chi connectivity index (χ1) is 8.47. The maximum absolute atomic E-state index is 11.7. The highest BCUT2D eigenvalue weighted by Gasteiger charge is 2.52. The number of hydrogen-bond acceptors (Lipinski definition) is 7. The van der Waals surface area contributed by atoms with E-state index in [1.165, 1.54) is 0 Å². The number of amides is 1. The minimum Gasteiger partial charge on any atom is -0.467 e. The molecule has 18 heavy (non-hydrogen) atoms. The van der Waals surface area contributed by atoms with Gasteiger partial charge in [-0.1, -0.05) is 0 Å². The van der Waals surface area contributed by atoms with Gasteiger partial charge in [0.15, 0.2) is 0 Å². The predicted molar refractivity (Wildman–Crippen MR) is 55.1 cm³/mol. The highest BCUT2D eigenvalue weighted by molar-refractivity contribution is 6.33. The molecule has 0 aliphatic carbocycles. The second-order valence-electron chi connectivity index (χ2n) is 3.52. The Morgan fingerprint density at radius 2 is 1.33 bits per heavy atom. The van der Waals surface area contributed by atoms with Gasteiger partial charge in [0, 0.05) is 6.42 Å². The summed E-state index contributed by atoms with van der Waals surface area (Å²) >= 11 is 0. The molecule has 1 heterocycles. The number of rotatable bonds is 2. The lowest BCUT2D eigenvalue weighted by Crippen LogP contribution is -2.66. The molecule has 1 amide bonds. The first kappa shape index (κ1) is 13.9. The Kier molecular flexibility index (Phi) is 4.24. The monoisotopic (exact) mass is 259 g/mol. The summed E-state index contributed by atoms with van der Waals surface area (Å²) in [5.74, 6) is -3.63.